The van der Waals surface area contributed by atoms with Crippen LogP contribution in [-0.2, 0) is 0 Å². The van der Waals surface area contributed by atoms with Crippen LogP contribution in [0.3, 0.4) is 0 Å². The fourth-order valence-corrected chi connectivity index (χ4v) is 7.57. The third-order valence-corrected chi connectivity index (χ3v) is 8.95. The Morgan fingerprint density at radius 3 is 2.52 bits per heavy atom. The summed E-state index contributed by atoms with van der Waals surface area (Å²) in [4.78, 5) is 0. The molecule has 0 aromatic carbocycles. The monoisotopic (exact) mass is 318 g/mol. The summed E-state index contributed by atoms with van der Waals surface area (Å²) in [5.74, 6) is 9.43. The van der Waals surface area contributed by atoms with Crippen molar-refractivity contribution in [3.8, 4) is 0 Å². The maximum Gasteiger partial charge on any atom is 0.0596 e. The van der Waals surface area contributed by atoms with Crippen molar-refractivity contribution in [2.24, 2.45) is 51.4 Å². The molecule has 4 fully saturated rings. The molecule has 0 aliphatic heterocycles. The van der Waals surface area contributed by atoms with Crippen molar-refractivity contribution in [2.45, 2.75) is 78.2 Å². The van der Waals surface area contributed by atoms with Gasteiger partial charge in [0.2, 0.25) is 0 Å². The fraction of sp³-hybridized carbons (Fsp3) is 0.950. The molecule has 4 saturated carbocycles. The summed E-state index contributed by atoms with van der Waals surface area (Å²) in [5, 5.41) is 14.7. The van der Waals surface area contributed by atoms with Gasteiger partial charge in [-0.05, 0) is 91.8 Å². The van der Waals surface area contributed by atoms with E-state index in [0.717, 1.165) is 36.5 Å². The van der Waals surface area contributed by atoms with Crippen molar-refractivity contribution in [2.75, 3.05) is 0 Å². The summed E-state index contributed by atoms with van der Waals surface area (Å²) in [7, 11) is 0. The van der Waals surface area contributed by atoms with E-state index in [4.69, 9.17) is 5.84 Å². The molecule has 0 heterocycles. The van der Waals surface area contributed by atoms with Gasteiger partial charge in [0.25, 0.3) is 0 Å². The van der Waals surface area contributed by atoms with Crippen molar-refractivity contribution >= 4 is 5.71 Å². The van der Waals surface area contributed by atoms with Crippen LogP contribution in [0.25, 0.3) is 0 Å². The van der Waals surface area contributed by atoms with Crippen molar-refractivity contribution in [3.63, 3.8) is 0 Å². The first-order valence-electron chi connectivity index (χ1n) is 9.85. The highest BCUT2D eigenvalue weighted by Crippen LogP contribution is 2.66. The van der Waals surface area contributed by atoms with E-state index in [1.165, 1.54) is 44.2 Å². The largest absolute Gasteiger partial charge is 0.393 e. The third kappa shape index (κ3) is 2.08. The topological polar surface area (TPSA) is 58.6 Å². The highest BCUT2D eigenvalue weighted by atomic mass is 16.3. The van der Waals surface area contributed by atoms with E-state index >= 15 is 0 Å². The van der Waals surface area contributed by atoms with Gasteiger partial charge >= 0.3 is 0 Å². The molecule has 3 heteroatoms. The molecule has 4 aliphatic carbocycles. The van der Waals surface area contributed by atoms with Crippen LogP contribution in [0, 0.1) is 40.4 Å². The zero-order valence-corrected chi connectivity index (χ0v) is 15.1. The van der Waals surface area contributed by atoms with E-state index in [2.05, 4.69) is 25.9 Å². The zero-order valence-electron chi connectivity index (χ0n) is 15.1. The molecule has 4 aliphatic rings. The molecule has 0 radical (unpaired) electrons. The molecule has 3 nitrogen and oxygen atoms in total. The van der Waals surface area contributed by atoms with Crippen LogP contribution in [-0.4, -0.2) is 16.9 Å². The van der Waals surface area contributed by atoms with Crippen molar-refractivity contribution < 1.29 is 5.11 Å². The first-order valence-corrected chi connectivity index (χ1v) is 9.85. The molecule has 0 aromatic heterocycles. The minimum absolute atomic E-state index is 0.0553. The lowest BCUT2D eigenvalue weighted by Crippen LogP contribution is -2.55. The standard InChI is InChI=1S/C20H34N2O/c1-12-11-20(3)13(10-17(12)22-21)4-5-14-15-6-7-18(23)19(15,2)9-8-16(14)20/h12-16,18,23H,4-11,21H2,1-3H3/b22-17-/t12-,13-,14+,15+,16+,18+,19+,20-/m0/s1. The SMILES string of the molecule is C[C@H]1C[C@@]2(C)[C@@H](CC[C@H]3[C@H]2CC[C@@]2(C)[C@H](O)CC[C@H]32)C/C1=N/N. The van der Waals surface area contributed by atoms with Crippen molar-refractivity contribution in [1.82, 2.24) is 0 Å². The van der Waals surface area contributed by atoms with E-state index in [0.29, 0.717) is 11.3 Å². The first-order chi connectivity index (χ1) is 10.9. The van der Waals surface area contributed by atoms with Crippen LogP contribution in [0.15, 0.2) is 5.10 Å². The van der Waals surface area contributed by atoms with Gasteiger partial charge in [-0.3, -0.25) is 0 Å². The van der Waals surface area contributed by atoms with Crippen LogP contribution in [0.4, 0.5) is 0 Å². The molecular weight excluding hydrogens is 284 g/mol. The van der Waals surface area contributed by atoms with Crippen LogP contribution < -0.4 is 5.84 Å². The molecule has 0 saturated heterocycles. The molecular formula is C20H34N2O. The van der Waals surface area contributed by atoms with E-state index in [-0.39, 0.29) is 11.5 Å². The number of nitrogens with two attached hydrogens (primary N) is 1. The van der Waals surface area contributed by atoms with Gasteiger partial charge in [-0.1, -0.05) is 20.8 Å². The normalized spacial score (nSPS) is 57.7. The van der Waals surface area contributed by atoms with Crippen molar-refractivity contribution in [1.29, 1.82) is 0 Å². The summed E-state index contributed by atoms with van der Waals surface area (Å²) in [5.41, 5.74) is 1.92. The Morgan fingerprint density at radius 2 is 1.78 bits per heavy atom. The predicted molar refractivity (Wildman–Crippen MR) is 93.9 cm³/mol. The van der Waals surface area contributed by atoms with E-state index in [1.807, 2.05) is 0 Å². The van der Waals surface area contributed by atoms with Gasteiger partial charge in [0.15, 0.2) is 0 Å². The quantitative estimate of drug-likeness (QED) is 0.525. The Hall–Kier alpha value is -0.570. The molecule has 4 rings (SSSR count). The minimum Gasteiger partial charge on any atom is -0.393 e. The number of nitrogens with zero attached hydrogens (tertiary/aromatic N) is 1. The Bertz CT molecular complexity index is 518. The van der Waals surface area contributed by atoms with Gasteiger partial charge in [-0.15, -0.1) is 0 Å². The maximum absolute atomic E-state index is 10.5. The highest BCUT2D eigenvalue weighted by molar-refractivity contribution is 5.87. The molecule has 3 N–H and O–H groups in total. The second-order valence-electron chi connectivity index (χ2n) is 9.72. The molecule has 0 unspecified atom stereocenters. The molecule has 0 spiro atoms. The molecule has 8 atom stereocenters. The van der Waals surface area contributed by atoms with Gasteiger partial charge in [0, 0.05) is 5.71 Å². The Balaban J connectivity index is 1.63. The van der Waals surface area contributed by atoms with Gasteiger partial charge in [-0.25, -0.2) is 0 Å². The lowest BCUT2D eigenvalue weighted by Gasteiger charge is -2.61. The third-order valence-electron chi connectivity index (χ3n) is 8.95. The lowest BCUT2D eigenvalue weighted by molar-refractivity contribution is -0.116. The van der Waals surface area contributed by atoms with Crippen LogP contribution in [0.1, 0.15) is 72.1 Å². The van der Waals surface area contributed by atoms with E-state index < -0.39 is 0 Å². The average molecular weight is 319 g/mol. The van der Waals surface area contributed by atoms with E-state index in [1.54, 1.807) is 0 Å². The van der Waals surface area contributed by atoms with E-state index in [9.17, 15) is 5.11 Å². The fourth-order valence-electron chi connectivity index (χ4n) is 7.57. The maximum atomic E-state index is 10.5. The second-order valence-corrected chi connectivity index (χ2v) is 9.72. The summed E-state index contributed by atoms with van der Waals surface area (Å²) in [6, 6.07) is 0. The molecule has 0 bridgehead atoms. The number of aliphatic hydroxyl groups excluding tert-OH is 1. The van der Waals surface area contributed by atoms with Gasteiger partial charge in [0.05, 0.1) is 6.10 Å². The summed E-state index contributed by atoms with van der Waals surface area (Å²) in [6.07, 6.45) is 9.88. The van der Waals surface area contributed by atoms with Gasteiger partial charge in [-0.2, -0.15) is 5.10 Å². The molecule has 0 aromatic rings. The van der Waals surface area contributed by atoms with Gasteiger partial charge < -0.3 is 10.9 Å². The zero-order chi connectivity index (χ0) is 16.4. The number of hydrazone groups is 1. The highest BCUT2D eigenvalue weighted by Gasteiger charge is 2.60. The summed E-state index contributed by atoms with van der Waals surface area (Å²) >= 11 is 0. The van der Waals surface area contributed by atoms with Crippen LogP contribution in [0.5, 0.6) is 0 Å². The number of fused-ring (bicyclic) bond motifs is 5. The van der Waals surface area contributed by atoms with Crippen LogP contribution >= 0.6 is 0 Å². The first kappa shape index (κ1) is 15.9. The molecule has 0 amide bonds. The number of rotatable bonds is 0. The van der Waals surface area contributed by atoms with Gasteiger partial charge in [0.1, 0.15) is 0 Å². The predicted octanol–water partition coefficient (Wildman–Crippen LogP) is 3.95. The Labute approximate surface area is 141 Å². The number of hydrogen-bond donors (Lipinski definition) is 2. The number of hydrogen-bond acceptors (Lipinski definition) is 3. The summed E-state index contributed by atoms with van der Waals surface area (Å²) in [6.45, 7) is 7.28. The van der Waals surface area contributed by atoms with Crippen molar-refractivity contribution in [3.05, 3.63) is 0 Å². The molecule has 130 valence electrons. The lowest BCUT2D eigenvalue weighted by atomic mass is 9.44. The molecule has 23 heavy (non-hydrogen) atoms. The smallest absolute Gasteiger partial charge is 0.0596 e. The Kier molecular flexibility index (Phi) is 3.61. The average Bonchev–Trinajstić information content (AvgIpc) is 2.82. The second kappa shape index (κ2) is 5.21. The Morgan fingerprint density at radius 1 is 1.04 bits per heavy atom. The number of aliphatic hydroxyl groups is 1. The minimum atomic E-state index is -0.0553. The van der Waals surface area contributed by atoms with Crippen LogP contribution in [0.2, 0.25) is 0 Å². The summed E-state index contributed by atoms with van der Waals surface area (Å²) < 4.78 is 0.